The van der Waals surface area contributed by atoms with Crippen molar-refractivity contribution in [1.82, 2.24) is 0 Å². The van der Waals surface area contributed by atoms with Crippen LogP contribution in [0.25, 0.3) is 6.08 Å². The minimum absolute atomic E-state index is 0.312. The summed E-state index contributed by atoms with van der Waals surface area (Å²) in [6.07, 6.45) is 3.27. The standard InChI is InChI=1S/C18H18O2S/c1-3-20-18(19)13-10-15-6-4-5-7-17(15)21-16-11-8-14(2)9-12-16/h4-13H,3H2,1-2H3. The van der Waals surface area contributed by atoms with Gasteiger partial charge in [0.25, 0.3) is 0 Å². The Morgan fingerprint density at radius 2 is 1.86 bits per heavy atom. The van der Waals surface area contributed by atoms with E-state index in [4.69, 9.17) is 4.74 Å². The summed E-state index contributed by atoms with van der Waals surface area (Å²) >= 11 is 1.68. The second-order valence-electron chi connectivity index (χ2n) is 4.54. The number of rotatable bonds is 5. The fourth-order valence-electron chi connectivity index (χ4n) is 1.79. The number of hydrogen-bond donors (Lipinski definition) is 0. The summed E-state index contributed by atoms with van der Waals surface area (Å²) < 4.78 is 4.90. The molecule has 3 heteroatoms. The van der Waals surface area contributed by atoms with E-state index in [2.05, 4.69) is 37.3 Å². The van der Waals surface area contributed by atoms with E-state index in [1.54, 1.807) is 24.8 Å². The van der Waals surface area contributed by atoms with Crippen molar-refractivity contribution in [3.8, 4) is 0 Å². The number of carbonyl (C=O) groups excluding carboxylic acids is 1. The zero-order valence-electron chi connectivity index (χ0n) is 12.2. The molecule has 0 aliphatic carbocycles. The van der Waals surface area contributed by atoms with Gasteiger partial charge in [0.1, 0.15) is 0 Å². The molecule has 2 aromatic carbocycles. The Balaban J connectivity index is 2.16. The van der Waals surface area contributed by atoms with E-state index >= 15 is 0 Å². The number of aryl methyl sites for hydroxylation is 1. The molecule has 0 heterocycles. The highest BCUT2D eigenvalue weighted by atomic mass is 32.2. The van der Waals surface area contributed by atoms with Gasteiger partial charge in [0.15, 0.2) is 0 Å². The van der Waals surface area contributed by atoms with Crippen LogP contribution in [0, 0.1) is 6.92 Å². The molecule has 0 fully saturated rings. The van der Waals surface area contributed by atoms with E-state index in [0.29, 0.717) is 6.61 Å². The molecule has 0 aromatic heterocycles. The van der Waals surface area contributed by atoms with Crippen molar-refractivity contribution >= 4 is 23.8 Å². The molecule has 2 aromatic rings. The second kappa shape index (κ2) is 7.70. The molecule has 0 amide bonds. The van der Waals surface area contributed by atoms with Gasteiger partial charge in [-0.05, 0) is 43.7 Å². The lowest BCUT2D eigenvalue weighted by atomic mass is 10.2. The van der Waals surface area contributed by atoms with Crippen molar-refractivity contribution in [3.63, 3.8) is 0 Å². The van der Waals surface area contributed by atoms with Crippen LogP contribution in [0.5, 0.6) is 0 Å². The molecular weight excluding hydrogens is 280 g/mol. The maximum absolute atomic E-state index is 11.4. The van der Waals surface area contributed by atoms with Crippen LogP contribution in [0.4, 0.5) is 0 Å². The average molecular weight is 298 g/mol. The molecule has 0 saturated carbocycles. The second-order valence-corrected chi connectivity index (χ2v) is 5.65. The maximum atomic E-state index is 11.4. The first kappa shape index (κ1) is 15.4. The predicted octanol–water partition coefficient (Wildman–Crippen LogP) is 4.72. The fourth-order valence-corrected chi connectivity index (χ4v) is 2.72. The summed E-state index contributed by atoms with van der Waals surface area (Å²) in [7, 11) is 0. The van der Waals surface area contributed by atoms with Crippen LogP contribution in [0.15, 0.2) is 64.4 Å². The van der Waals surface area contributed by atoms with Crippen LogP contribution in [-0.2, 0) is 9.53 Å². The molecule has 0 bridgehead atoms. The van der Waals surface area contributed by atoms with Gasteiger partial charge in [-0.1, -0.05) is 47.7 Å². The van der Waals surface area contributed by atoms with E-state index in [1.165, 1.54) is 16.5 Å². The van der Waals surface area contributed by atoms with Gasteiger partial charge in [-0.25, -0.2) is 4.79 Å². The van der Waals surface area contributed by atoms with Crippen LogP contribution in [0.1, 0.15) is 18.1 Å². The highest BCUT2D eigenvalue weighted by Gasteiger charge is 2.02. The van der Waals surface area contributed by atoms with E-state index < -0.39 is 0 Å². The Morgan fingerprint density at radius 3 is 2.57 bits per heavy atom. The first-order valence-electron chi connectivity index (χ1n) is 6.87. The normalized spacial score (nSPS) is 10.8. The van der Waals surface area contributed by atoms with Crippen molar-refractivity contribution in [3.05, 3.63) is 65.7 Å². The van der Waals surface area contributed by atoms with Crippen molar-refractivity contribution in [2.45, 2.75) is 23.6 Å². The fraction of sp³-hybridized carbons (Fsp3) is 0.167. The summed E-state index contributed by atoms with van der Waals surface area (Å²) in [5, 5.41) is 0. The van der Waals surface area contributed by atoms with Gasteiger partial charge < -0.3 is 4.74 Å². The predicted molar refractivity (Wildman–Crippen MR) is 87.4 cm³/mol. The van der Waals surface area contributed by atoms with E-state index in [-0.39, 0.29) is 5.97 Å². The van der Waals surface area contributed by atoms with Gasteiger partial charge in [0.2, 0.25) is 0 Å². The topological polar surface area (TPSA) is 26.3 Å². The van der Waals surface area contributed by atoms with E-state index in [0.717, 1.165) is 10.5 Å². The molecular formula is C18H18O2S. The molecule has 2 rings (SSSR count). The molecule has 0 aliphatic rings. The number of esters is 1. The average Bonchev–Trinajstić information content (AvgIpc) is 2.49. The van der Waals surface area contributed by atoms with Crippen LogP contribution in [0.2, 0.25) is 0 Å². The zero-order valence-corrected chi connectivity index (χ0v) is 13.0. The lowest BCUT2D eigenvalue weighted by Gasteiger charge is -2.06. The van der Waals surface area contributed by atoms with Gasteiger partial charge in [-0.15, -0.1) is 0 Å². The Morgan fingerprint density at radius 1 is 1.14 bits per heavy atom. The van der Waals surface area contributed by atoms with Crippen LogP contribution < -0.4 is 0 Å². The lowest BCUT2D eigenvalue weighted by Crippen LogP contribution is -1.98. The van der Waals surface area contributed by atoms with Gasteiger partial charge in [-0.3, -0.25) is 0 Å². The molecule has 21 heavy (non-hydrogen) atoms. The summed E-state index contributed by atoms with van der Waals surface area (Å²) in [6.45, 7) is 4.26. The minimum Gasteiger partial charge on any atom is -0.463 e. The third kappa shape index (κ3) is 4.80. The summed E-state index contributed by atoms with van der Waals surface area (Å²) in [4.78, 5) is 13.7. The first-order valence-corrected chi connectivity index (χ1v) is 7.69. The van der Waals surface area contributed by atoms with E-state index in [1.807, 2.05) is 18.2 Å². The van der Waals surface area contributed by atoms with Gasteiger partial charge >= 0.3 is 5.97 Å². The van der Waals surface area contributed by atoms with Crippen LogP contribution >= 0.6 is 11.8 Å². The largest absolute Gasteiger partial charge is 0.463 e. The molecule has 0 aliphatic heterocycles. The Labute approximate surface area is 129 Å². The van der Waals surface area contributed by atoms with Crippen molar-refractivity contribution in [1.29, 1.82) is 0 Å². The molecule has 0 spiro atoms. The Bertz CT molecular complexity index is 630. The molecule has 0 saturated heterocycles. The number of benzene rings is 2. The monoisotopic (exact) mass is 298 g/mol. The molecule has 2 nitrogen and oxygen atoms in total. The van der Waals surface area contributed by atoms with Crippen LogP contribution in [0.3, 0.4) is 0 Å². The number of hydrogen-bond acceptors (Lipinski definition) is 3. The molecule has 0 radical (unpaired) electrons. The van der Waals surface area contributed by atoms with E-state index in [9.17, 15) is 4.79 Å². The number of ether oxygens (including phenoxy) is 1. The minimum atomic E-state index is -0.312. The van der Waals surface area contributed by atoms with Gasteiger partial charge in [0.05, 0.1) is 6.61 Å². The maximum Gasteiger partial charge on any atom is 0.330 e. The summed E-state index contributed by atoms with van der Waals surface area (Å²) in [6, 6.07) is 16.4. The lowest BCUT2D eigenvalue weighted by molar-refractivity contribution is -0.137. The SMILES string of the molecule is CCOC(=O)C=Cc1ccccc1Sc1ccc(C)cc1. The van der Waals surface area contributed by atoms with Crippen molar-refractivity contribution < 1.29 is 9.53 Å². The number of carbonyl (C=O) groups is 1. The first-order chi connectivity index (χ1) is 10.2. The highest BCUT2D eigenvalue weighted by molar-refractivity contribution is 7.99. The molecule has 0 N–H and O–H groups in total. The Kier molecular flexibility index (Phi) is 5.64. The van der Waals surface area contributed by atoms with Crippen LogP contribution in [-0.4, -0.2) is 12.6 Å². The van der Waals surface area contributed by atoms with Crippen molar-refractivity contribution in [2.75, 3.05) is 6.61 Å². The summed E-state index contributed by atoms with van der Waals surface area (Å²) in [5.74, 6) is -0.312. The smallest absolute Gasteiger partial charge is 0.330 e. The summed E-state index contributed by atoms with van der Waals surface area (Å²) in [5.41, 5.74) is 2.26. The zero-order chi connectivity index (χ0) is 15.1. The quantitative estimate of drug-likeness (QED) is 0.590. The molecule has 0 atom stereocenters. The third-order valence-electron chi connectivity index (χ3n) is 2.85. The van der Waals surface area contributed by atoms with Crippen molar-refractivity contribution in [2.24, 2.45) is 0 Å². The van der Waals surface area contributed by atoms with Gasteiger partial charge in [0, 0.05) is 15.9 Å². The van der Waals surface area contributed by atoms with Gasteiger partial charge in [-0.2, -0.15) is 0 Å². The molecule has 108 valence electrons. The highest BCUT2D eigenvalue weighted by Crippen LogP contribution is 2.31. The third-order valence-corrected chi connectivity index (χ3v) is 3.95. The molecule has 0 unspecified atom stereocenters. The Hall–Kier alpha value is -2.00.